The van der Waals surface area contributed by atoms with E-state index in [1.165, 1.54) is 11.8 Å². The van der Waals surface area contributed by atoms with Gasteiger partial charge >= 0.3 is 6.18 Å². The van der Waals surface area contributed by atoms with Crippen molar-refractivity contribution in [1.82, 2.24) is 15.1 Å². The molecule has 1 saturated heterocycles. The maximum atomic E-state index is 12.8. The third-order valence-electron chi connectivity index (χ3n) is 4.43. The van der Waals surface area contributed by atoms with Gasteiger partial charge in [0.15, 0.2) is 5.96 Å². The fourth-order valence-electron chi connectivity index (χ4n) is 2.82. The second-order valence-electron chi connectivity index (χ2n) is 5.99. The Morgan fingerprint density at radius 3 is 2.52 bits per heavy atom. The van der Waals surface area contributed by atoms with E-state index < -0.39 is 12.2 Å². The number of rotatable bonds is 4. The van der Waals surface area contributed by atoms with Gasteiger partial charge in [0.2, 0.25) is 0 Å². The summed E-state index contributed by atoms with van der Waals surface area (Å²) in [4.78, 5) is 7.70. The lowest BCUT2D eigenvalue weighted by molar-refractivity contribution is -0.181. The van der Waals surface area contributed by atoms with Crippen molar-refractivity contribution in [3.8, 4) is 5.75 Å². The van der Waals surface area contributed by atoms with Crippen molar-refractivity contribution in [3.05, 3.63) is 29.8 Å². The molecule has 1 aliphatic rings. The Labute approximate surface area is 146 Å². The van der Waals surface area contributed by atoms with Crippen LogP contribution >= 0.6 is 0 Å². The topological polar surface area (TPSA) is 40.1 Å². The normalized spacial score (nSPS) is 18.2. The average Bonchev–Trinajstić information content (AvgIpc) is 2.61. The molecule has 0 aromatic heterocycles. The first kappa shape index (κ1) is 19.4. The number of hydrogen-bond acceptors (Lipinski definition) is 3. The summed E-state index contributed by atoms with van der Waals surface area (Å²) in [5.41, 5.74) is 1.05. The molecule has 1 atom stereocenters. The maximum absolute atomic E-state index is 12.8. The first-order chi connectivity index (χ1) is 11.8. The molecule has 0 spiro atoms. The minimum atomic E-state index is -4.19. The highest BCUT2D eigenvalue weighted by atomic mass is 19.4. The summed E-state index contributed by atoms with van der Waals surface area (Å²) >= 11 is 0. The number of piperazine rings is 1. The average molecular weight is 358 g/mol. The number of nitrogens with one attached hydrogen (secondary N) is 1. The SMILES string of the molecule is CN=C(NCc1cccc(OC)c1)N1CCN(C(C)C(F)(F)F)CC1. The van der Waals surface area contributed by atoms with Crippen LogP contribution in [0, 0.1) is 0 Å². The molecule has 1 fully saturated rings. The number of hydrogen-bond donors (Lipinski definition) is 1. The van der Waals surface area contributed by atoms with Crippen LogP contribution in [-0.2, 0) is 6.54 Å². The Balaban J connectivity index is 1.88. The van der Waals surface area contributed by atoms with Gasteiger partial charge in [-0.3, -0.25) is 9.89 Å². The fraction of sp³-hybridized carbons (Fsp3) is 0.588. The molecule has 2 rings (SSSR count). The number of methoxy groups -OCH3 is 1. The van der Waals surface area contributed by atoms with Crippen molar-refractivity contribution < 1.29 is 17.9 Å². The van der Waals surface area contributed by atoms with Crippen molar-refractivity contribution in [2.24, 2.45) is 4.99 Å². The Morgan fingerprint density at radius 1 is 1.28 bits per heavy atom. The number of alkyl halides is 3. The maximum Gasteiger partial charge on any atom is 0.403 e. The summed E-state index contributed by atoms with van der Waals surface area (Å²) in [6.45, 7) is 3.53. The monoisotopic (exact) mass is 358 g/mol. The van der Waals surface area contributed by atoms with Gasteiger partial charge in [-0.15, -0.1) is 0 Å². The molecule has 140 valence electrons. The van der Waals surface area contributed by atoms with Gasteiger partial charge in [-0.2, -0.15) is 13.2 Å². The number of ether oxygens (including phenoxy) is 1. The standard InChI is InChI=1S/C17H25F3N4O/c1-13(17(18,19)20)23-7-9-24(10-8-23)16(21-2)22-12-14-5-4-6-15(11-14)25-3/h4-6,11,13H,7-10,12H2,1-3H3,(H,21,22). The van der Waals surface area contributed by atoms with Gasteiger partial charge < -0.3 is 15.0 Å². The number of guanidine groups is 1. The van der Waals surface area contributed by atoms with Crippen molar-refractivity contribution in [2.75, 3.05) is 40.3 Å². The van der Waals surface area contributed by atoms with E-state index in [9.17, 15) is 13.2 Å². The summed E-state index contributed by atoms with van der Waals surface area (Å²) in [5, 5.41) is 3.26. The molecule has 0 radical (unpaired) electrons. The molecule has 1 unspecified atom stereocenters. The van der Waals surface area contributed by atoms with Gasteiger partial charge in [0.25, 0.3) is 0 Å². The predicted molar refractivity (Wildman–Crippen MR) is 91.9 cm³/mol. The first-order valence-electron chi connectivity index (χ1n) is 8.24. The van der Waals surface area contributed by atoms with Crippen LogP contribution in [0.3, 0.4) is 0 Å². The number of halogens is 3. The van der Waals surface area contributed by atoms with Crippen LogP contribution in [0.5, 0.6) is 5.75 Å². The molecular weight excluding hydrogens is 333 g/mol. The Morgan fingerprint density at radius 2 is 1.96 bits per heavy atom. The molecule has 1 aromatic carbocycles. The quantitative estimate of drug-likeness (QED) is 0.663. The van der Waals surface area contributed by atoms with Gasteiger partial charge in [-0.05, 0) is 24.6 Å². The van der Waals surface area contributed by atoms with Crippen molar-refractivity contribution >= 4 is 5.96 Å². The van der Waals surface area contributed by atoms with Gasteiger partial charge in [0.05, 0.1) is 7.11 Å². The summed E-state index contributed by atoms with van der Waals surface area (Å²) in [5.74, 6) is 1.48. The lowest BCUT2D eigenvalue weighted by Crippen LogP contribution is -2.56. The molecule has 1 N–H and O–H groups in total. The zero-order valence-electron chi connectivity index (χ0n) is 14.8. The molecule has 1 heterocycles. The van der Waals surface area contributed by atoms with Gasteiger partial charge in [0, 0.05) is 39.8 Å². The number of aliphatic imine (C=N–C) groups is 1. The lowest BCUT2D eigenvalue weighted by Gasteiger charge is -2.39. The van der Waals surface area contributed by atoms with Crippen molar-refractivity contribution in [1.29, 1.82) is 0 Å². The summed E-state index contributed by atoms with van der Waals surface area (Å²) in [7, 11) is 3.30. The molecule has 0 saturated carbocycles. The largest absolute Gasteiger partial charge is 0.497 e. The molecule has 0 amide bonds. The van der Waals surface area contributed by atoms with E-state index in [2.05, 4.69) is 10.3 Å². The Hall–Kier alpha value is -1.96. The molecule has 25 heavy (non-hydrogen) atoms. The molecule has 0 aliphatic carbocycles. The van der Waals surface area contributed by atoms with Gasteiger partial charge in [-0.1, -0.05) is 12.1 Å². The van der Waals surface area contributed by atoms with E-state index >= 15 is 0 Å². The molecule has 1 aliphatic heterocycles. The Kier molecular flexibility index (Phi) is 6.52. The van der Waals surface area contributed by atoms with E-state index in [0.717, 1.165) is 11.3 Å². The summed E-state index contributed by atoms with van der Waals surface area (Å²) < 4.78 is 43.7. The molecule has 5 nitrogen and oxygen atoms in total. The first-order valence-corrected chi connectivity index (χ1v) is 8.24. The van der Waals surface area contributed by atoms with Crippen LogP contribution in [0.4, 0.5) is 13.2 Å². The number of nitrogens with zero attached hydrogens (tertiary/aromatic N) is 3. The van der Waals surface area contributed by atoms with E-state index in [4.69, 9.17) is 4.74 Å². The van der Waals surface area contributed by atoms with Gasteiger partial charge in [-0.25, -0.2) is 0 Å². The zero-order valence-corrected chi connectivity index (χ0v) is 14.8. The summed E-state index contributed by atoms with van der Waals surface area (Å²) in [6, 6.07) is 6.28. The third kappa shape index (κ3) is 5.26. The lowest BCUT2D eigenvalue weighted by atomic mass is 10.2. The third-order valence-corrected chi connectivity index (χ3v) is 4.43. The van der Waals surface area contributed by atoms with Gasteiger partial charge in [0.1, 0.15) is 11.8 Å². The second-order valence-corrected chi connectivity index (χ2v) is 5.99. The zero-order chi connectivity index (χ0) is 18.4. The van der Waals surface area contributed by atoms with Crippen LogP contribution < -0.4 is 10.1 Å². The van der Waals surface area contributed by atoms with E-state index in [1.807, 2.05) is 29.2 Å². The molecular formula is C17H25F3N4O. The minimum Gasteiger partial charge on any atom is -0.497 e. The molecule has 0 bridgehead atoms. The van der Waals surface area contributed by atoms with Crippen molar-refractivity contribution in [2.45, 2.75) is 25.7 Å². The Bertz CT molecular complexity index is 584. The fourth-order valence-corrected chi connectivity index (χ4v) is 2.82. The molecule has 1 aromatic rings. The van der Waals surface area contributed by atoms with Crippen LogP contribution in [0.15, 0.2) is 29.3 Å². The highest BCUT2D eigenvalue weighted by Gasteiger charge is 2.41. The van der Waals surface area contributed by atoms with Crippen LogP contribution in [0.25, 0.3) is 0 Å². The minimum absolute atomic E-state index is 0.362. The summed E-state index contributed by atoms with van der Waals surface area (Å²) in [6.07, 6.45) is -4.19. The van der Waals surface area contributed by atoms with E-state index in [-0.39, 0.29) is 0 Å². The second kappa shape index (κ2) is 8.42. The van der Waals surface area contributed by atoms with E-state index in [1.54, 1.807) is 14.2 Å². The van der Waals surface area contributed by atoms with Crippen molar-refractivity contribution in [3.63, 3.8) is 0 Å². The number of benzene rings is 1. The smallest absolute Gasteiger partial charge is 0.403 e. The van der Waals surface area contributed by atoms with Crippen LogP contribution in [0.1, 0.15) is 12.5 Å². The van der Waals surface area contributed by atoms with E-state index in [0.29, 0.717) is 38.7 Å². The van der Waals surface area contributed by atoms with Crippen LogP contribution in [-0.4, -0.2) is 68.3 Å². The molecule has 8 heteroatoms. The van der Waals surface area contributed by atoms with Crippen LogP contribution in [0.2, 0.25) is 0 Å². The predicted octanol–water partition coefficient (Wildman–Crippen LogP) is 2.34. The highest BCUT2D eigenvalue weighted by molar-refractivity contribution is 5.80. The highest BCUT2D eigenvalue weighted by Crippen LogP contribution is 2.25.